The Balaban J connectivity index is 2.03. The van der Waals surface area contributed by atoms with Gasteiger partial charge in [0.15, 0.2) is 0 Å². The molecular formula is C18H19NO. The summed E-state index contributed by atoms with van der Waals surface area (Å²) in [5.74, 6) is 0.196. The van der Waals surface area contributed by atoms with Crippen molar-refractivity contribution in [2.75, 3.05) is 0 Å². The van der Waals surface area contributed by atoms with Crippen molar-refractivity contribution in [3.8, 4) is 0 Å². The molecule has 0 fully saturated rings. The van der Waals surface area contributed by atoms with Gasteiger partial charge in [0.25, 0.3) is 0 Å². The van der Waals surface area contributed by atoms with Gasteiger partial charge in [-0.25, -0.2) is 0 Å². The van der Waals surface area contributed by atoms with Crippen LogP contribution in [0.3, 0.4) is 0 Å². The van der Waals surface area contributed by atoms with Crippen molar-refractivity contribution >= 4 is 5.71 Å². The van der Waals surface area contributed by atoms with Gasteiger partial charge in [-0.2, -0.15) is 0 Å². The molecule has 0 spiro atoms. The van der Waals surface area contributed by atoms with Crippen LogP contribution in [0.4, 0.5) is 0 Å². The van der Waals surface area contributed by atoms with Gasteiger partial charge in [-0.15, -0.1) is 0 Å². The lowest BCUT2D eigenvalue weighted by atomic mass is 9.78. The molecule has 0 aromatic heterocycles. The van der Waals surface area contributed by atoms with Gasteiger partial charge >= 0.3 is 0 Å². The smallest absolute Gasteiger partial charge is 0.0945 e. The van der Waals surface area contributed by atoms with Crippen LogP contribution in [0.1, 0.15) is 41.5 Å². The molecule has 0 bridgehead atoms. The van der Waals surface area contributed by atoms with E-state index in [1.54, 1.807) is 0 Å². The van der Waals surface area contributed by atoms with Crippen LogP contribution in [-0.2, 0) is 12.8 Å². The van der Waals surface area contributed by atoms with Gasteiger partial charge < -0.3 is 5.21 Å². The molecule has 0 heterocycles. The fourth-order valence-corrected chi connectivity index (χ4v) is 3.08. The van der Waals surface area contributed by atoms with E-state index in [9.17, 15) is 5.21 Å². The van der Waals surface area contributed by atoms with E-state index in [4.69, 9.17) is 0 Å². The molecule has 2 aromatic carbocycles. The summed E-state index contributed by atoms with van der Waals surface area (Å²) >= 11 is 0. The molecule has 20 heavy (non-hydrogen) atoms. The van der Waals surface area contributed by atoms with E-state index >= 15 is 0 Å². The molecule has 0 saturated heterocycles. The average molecular weight is 265 g/mol. The number of nitrogens with zero attached hydrogens (tertiary/aromatic N) is 1. The molecule has 0 saturated carbocycles. The lowest BCUT2D eigenvalue weighted by Crippen LogP contribution is -2.22. The molecule has 1 aliphatic carbocycles. The number of rotatable bonds is 2. The first-order valence-corrected chi connectivity index (χ1v) is 7.22. The summed E-state index contributed by atoms with van der Waals surface area (Å²) in [6.45, 7) is 2.17. The fourth-order valence-electron chi connectivity index (χ4n) is 3.08. The minimum atomic E-state index is 0.196. The summed E-state index contributed by atoms with van der Waals surface area (Å²) in [5.41, 5.74) is 5.79. The fraction of sp³-hybridized carbons (Fsp3) is 0.278. The Morgan fingerprint density at radius 2 is 1.95 bits per heavy atom. The molecule has 1 atom stereocenters. The van der Waals surface area contributed by atoms with Gasteiger partial charge in [0.05, 0.1) is 5.71 Å². The van der Waals surface area contributed by atoms with Crippen molar-refractivity contribution < 1.29 is 5.21 Å². The monoisotopic (exact) mass is 265 g/mol. The molecule has 0 unspecified atom stereocenters. The summed E-state index contributed by atoms with van der Waals surface area (Å²) in [4.78, 5) is 0. The van der Waals surface area contributed by atoms with Gasteiger partial charge in [0.2, 0.25) is 0 Å². The van der Waals surface area contributed by atoms with Crippen LogP contribution in [-0.4, -0.2) is 10.9 Å². The Labute approximate surface area is 119 Å². The number of oxime groups is 1. The molecule has 102 valence electrons. The van der Waals surface area contributed by atoms with Crippen LogP contribution in [0.5, 0.6) is 0 Å². The Kier molecular flexibility index (Phi) is 3.55. The molecule has 2 aromatic rings. The second-order valence-electron chi connectivity index (χ2n) is 5.33. The SMILES string of the molecule is CCc1ccc2c(c1)CC[C@H](c1ccccc1)/C2=N/O. The lowest BCUT2D eigenvalue weighted by molar-refractivity contribution is 0.316. The predicted molar refractivity (Wildman–Crippen MR) is 81.6 cm³/mol. The number of benzene rings is 2. The summed E-state index contributed by atoms with van der Waals surface area (Å²) in [6.07, 6.45) is 3.09. The Morgan fingerprint density at radius 1 is 1.15 bits per heavy atom. The number of hydrogen-bond acceptors (Lipinski definition) is 2. The third-order valence-electron chi connectivity index (χ3n) is 4.20. The first-order chi connectivity index (χ1) is 9.83. The first-order valence-electron chi connectivity index (χ1n) is 7.22. The van der Waals surface area contributed by atoms with E-state index in [1.165, 1.54) is 16.7 Å². The van der Waals surface area contributed by atoms with Crippen LogP contribution >= 0.6 is 0 Å². The number of aryl methyl sites for hydroxylation is 2. The predicted octanol–water partition coefficient (Wildman–Crippen LogP) is 4.16. The van der Waals surface area contributed by atoms with Crippen LogP contribution in [0.25, 0.3) is 0 Å². The molecule has 3 rings (SSSR count). The lowest BCUT2D eigenvalue weighted by Gasteiger charge is -2.26. The summed E-state index contributed by atoms with van der Waals surface area (Å²) in [7, 11) is 0. The maximum absolute atomic E-state index is 9.48. The van der Waals surface area contributed by atoms with Crippen LogP contribution in [0, 0.1) is 0 Å². The van der Waals surface area contributed by atoms with Gasteiger partial charge in [-0.3, -0.25) is 0 Å². The topological polar surface area (TPSA) is 32.6 Å². The number of hydrogen-bond donors (Lipinski definition) is 1. The Bertz CT molecular complexity index is 631. The van der Waals surface area contributed by atoms with Crippen molar-refractivity contribution in [1.29, 1.82) is 0 Å². The molecule has 1 N–H and O–H groups in total. The maximum atomic E-state index is 9.48. The summed E-state index contributed by atoms with van der Waals surface area (Å²) < 4.78 is 0. The third-order valence-corrected chi connectivity index (χ3v) is 4.20. The maximum Gasteiger partial charge on any atom is 0.0945 e. The zero-order chi connectivity index (χ0) is 13.9. The molecule has 1 aliphatic rings. The van der Waals surface area contributed by atoms with Crippen molar-refractivity contribution in [1.82, 2.24) is 0 Å². The highest BCUT2D eigenvalue weighted by molar-refractivity contribution is 6.06. The van der Waals surface area contributed by atoms with E-state index in [0.29, 0.717) is 0 Å². The highest BCUT2D eigenvalue weighted by Gasteiger charge is 2.27. The second kappa shape index (κ2) is 5.49. The normalized spacial score (nSPS) is 19.9. The van der Waals surface area contributed by atoms with Crippen LogP contribution in [0.15, 0.2) is 53.7 Å². The second-order valence-corrected chi connectivity index (χ2v) is 5.33. The molecule has 0 radical (unpaired) electrons. The minimum Gasteiger partial charge on any atom is -0.411 e. The van der Waals surface area contributed by atoms with Crippen LogP contribution in [0.2, 0.25) is 0 Å². The Morgan fingerprint density at radius 3 is 2.65 bits per heavy atom. The minimum absolute atomic E-state index is 0.196. The van der Waals surface area contributed by atoms with E-state index in [-0.39, 0.29) is 5.92 Å². The summed E-state index contributed by atoms with van der Waals surface area (Å²) in [5, 5.41) is 13.1. The van der Waals surface area contributed by atoms with E-state index in [0.717, 1.165) is 30.5 Å². The molecule has 2 heteroatoms. The van der Waals surface area contributed by atoms with Crippen molar-refractivity contribution in [2.24, 2.45) is 5.16 Å². The van der Waals surface area contributed by atoms with E-state index in [1.807, 2.05) is 18.2 Å². The zero-order valence-corrected chi connectivity index (χ0v) is 11.7. The first kappa shape index (κ1) is 12.9. The third kappa shape index (κ3) is 2.22. The highest BCUT2D eigenvalue weighted by Crippen LogP contribution is 2.33. The van der Waals surface area contributed by atoms with Crippen molar-refractivity contribution in [3.63, 3.8) is 0 Å². The number of fused-ring (bicyclic) bond motifs is 1. The highest BCUT2D eigenvalue weighted by atomic mass is 16.4. The Hall–Kier alpha value is -2.09. The molecular weight excluding hydrogens is 246 g/mol. The zero-order valence-electron chi connectivity index (χ0n) is 11.7. The van der Waals surface area contributed by atoms with Gasteiger partial charge in [-0.05, 0) is 36.0 Å². The van der Waals surface area contributed by atoms with Gasteiger partial charge in [0.1, 0.15) is 0 Å². The van der Waals surface area contributed by atoms with E-state index < -0.39 is 0 Å². The van der Waals surface area contributed by atoms with Crippen molar-refractivity contribution in [3.05, 3.63) is 70.8 Å². The van der Waals surface area contributed by atoms with E-state index in [2.05, 4.69) is 42.4 Å². The molecule has 0 aliphatic heterocycles. The molecule has 0 amide bonds. The largest absolute Gasteiger partial charge is 0.411 e. The standard InChI is InChI=1S/C18H19NO/c1-2-13-8-10-17-15(12-13)9-11-16(18(17)19-20)14-6-4-3-5-7-14/h3-8,10,12,16,20H,2,9,11H2,1H3/b19-18-/t16-/m1/s1. The molecule has 2 nitrogen and oxygen atoms in total. The quantitative estimate of drug-likeness (QED) is 0.642. The van der Waals surface area contributed by atoms with Gasteiger partial charge in [0, 0.05) is 11.5 Å². The van der Waals surface area contributed by atoms with Crippen molar-refractivity contribution in [2.45, 2.75) is 32.1 Å². The average Bonchev–Trinajstić information content (AvgIpc) is 2.53. The van der Waals surface area contributed by atoms with Crippen LogP contribution < -0.4 is 0 Å². The van der Waals surface area contributed by atoms with Gasteiger partial charge in [-0.1, -0.05) is 60.6 Å². The summed E-state index contributed by atoms with van der Waals surface area (Å²) in [6, 6.07) is 16.8.